The minimum atomic E-state index is -0.169. The fraction of sp³-hybridized carbons (Fsp3) is 0.200. The highest BCUT2D eigenvalue weighted by Crippen LogP contribution is 2.37. The van der Waals surface area contributed by atoms with Gasteiger partial charge in [-0.3, -0.25) is 4.79 Å². The Morgan fingerprint density at radius 2 is 1.78 bits per heavy atom. The number of hydrogen-bond acceptors (Lipinski definition) is 4. The molecule has 0 spiro atoms. The predicted molar refractivity (Wildman–Crippen MR) is 149 cm³/mol. The number of amides is 1. The molecule has 4 aromatic carbocycles. The number of halogens is 1. The fourth-order valence-corrected chi connectivity index (χ4v) is 4.64. The molecule has 0 bridgehead atoms. The Morgan fingerprint density at radius 1 is 0.972 bits per heavy atom. The number of nitrogens with one attached hydrogen (secondary N) is 1. The zero-order chi connectivity index (χ0) is 25.5. The molecule has 5 nitrogen and oxygen atoms in total. The van der Waals surface area contributed by atoms with Crippen LogP contribution in [0.3, 0.4) is 0 Å². The largest absolute Gasteiger partial charge is 0.490 e. The summed E-state index contributed by atoms with van der Waals surface area (Å²) in [6.45, 7) is 6.87. The summed E-state index contributed by atoms with van der Waals surface area (Å²) >= 11 is 3.62. The molecule has 0 fully saturated rings. The number of rotatable bonds is 9. The van der Waals surface area contributed by atoms with E-state index in [0.717, 1.165) is 32.1 Å². The summed E-state index contributed by atoms with van der Waals surface area (Å²) in [5, 5.41) is 6.48. The quantitative estimate of drug-likeness (QED) is 0.184. The van der Waals surface area contributed by atoms with Gasteiger partial charge in [0.05, 0.1) is 23.7 Å². The average Bonchev–Trinajstić information content (AvgIpc) is 2.85. The van der Waals surface area contributed by atoms with E-state index in [-0.39, 0.29) is 12.3 Å². The first kappa shape index (κ1) is 25.5. The third kappa shape index (κ3) is 6.32. The maximum absolute atomic E-state index is 12.4. The van der Waals surface area contributed by atoms with Gasteiger partial charge in [-0.05, 0) is 81.9 Å². The summed E-state index contributed by atoms with van der Waals surface area (Å²) in [6.07, 6.45) is 1.87. The summed E-state index contributed by atoms with van der Waals surface area (Å²) in [6, 6.07) is 24.3. The zero-order valence-electron chi connectivity index (χ0n) is 20.7. The number of aryl methyl sites for hydroxylation is 2. The molecule has 4 aromatic rings. The van der Waals surface area contributed by atoms with Crippen molar-refractivity contribution in [1.82, 2.24) is 5.43 Å². The normalized spacial score (nSPS) is 11.1. The van der Waals surface area contributed by atoms with Gasteiger partial charge in [0.15, 0.2) is 11.5 Å². The number of fused-ring (bicyclic) bond motifs is 1. The summed E-state index contributed by atoms with van der Waals surface area (Å²) in [4.78, 5) is 12.4. The van der Waals surface area contributed by atoms with Gasteiger partial charge in [-0.1, -0.05) is 66.2 Å². The molecule has 4 rings (SSSR count). The van der Waals surface area contributed by atoms with Gasteiger partial charge in [0.25, 0.3) is 0 Å². The van der Waals surface area contributed by atoms with E-state index in [0.29, 0.717) is 24.7 Å². The van der Waals surface area contributed by atoms with Crippen LogP contribution in [0.25, 0.3) is 10.8 Å². The topological polar surface area (TPSA) is 59.9 Å². The Bertz CT molecular complexity index is 1410. The smallest absolute Gasteiger partial charge is 0.244 e. The van der Waals surface area contributed by atoms with Gasteiger partial charge in [0, 0.05) is 0 Å². The SMILES string of the molecule is CCOc1cc(/C=N/NC(=O)Cc2ccc(C)cc2C)cc(Br)c1OCc1cccc2ccccc12. The third-order valence-electron chi connectivity index (χ3n) is 5.84. The van der Waals surface area contributed by atoms with Crippen molar-refractivity contribution >= 4 is 38.8 Å². The van der Waals surface area contributed by atoms with Crippen LogP contribution in [0.15, 0.2) is 82.4 Å². The van der Waals surface area contributed by atoms with Crippen LogP contribution < -0.4 is 14.9 Å². The van der Waals surface area contributed by atoms with Crippen molar-refractivity contribution in [3.63, 3.8) is 0 Å². The maximum atomic E-state index is 12.4. The molecule has 0 aliphatic rings. The van der Waals surface area contributed by atoms with Gasteiger partial charge in [-0.2, -0.15) is 5.10 Å². The predicted octanol–water partition coefficient (Wildman–Crippen LogP) is 6.89. The monoisotopic (exact) mass is 544 g/mol. The number of nitrogens with zero attached hydrogens (tertiary/aromatic N) is 1. The Morgan fingerprint density at radius 3 is 2.58 bits per heavy atom. The van der Waals surface area contributed by atoms with E-state index >= 15 is 0 Å². The van der Waals surface area contributed by atoms with Crippen molar-refractivity contribution in [2.45, 2.75) is 33.8 Å². The van der Waals surface area contributed by atoms with Crippen LogP contribution >= 0.6 is 15.9 Å². The van der Waals surface area contributed by atoms with Gasteiger partial charge in [0.1, 0.15) is 6.61 Å². The Balaban J connectivity index is 1.45. The van der Waals surface area contributed by atoms with E-state index in [1.807, 2.05) is 63.2 Å². The molecule has 0 unspecified atom stereocenters. The lowest BCUT2D eigenvalue weighted by molar-refractivity contribution is -0.120. The number of hydrazone groups is 1. The van der Waals surface area contributed by atoms with Crippen LogP contribution in [-0.4, -0.2) is 18.7 Å². The molecular weight excluding hydrogens is 516 g/mol. The summed E-state index contributed by atoms with van der Waals surface area (Å²) < 4.78 is 12.8. The minimum absolute atomic E-state index is 0.169. The third-order valence-corrected chi connectivity index (χ3v) is 6.42. The molecular formula is C30H29BrN2O3. The molecule has 0 saturated heterocycles. The molecule has 36 heavy (non-hydrogen) atoms. The summed E-state index contributed by atoms with van der Waals surface area (Å²) in [7, 11) is 0. The molecule has 6 heteroatoms. The van der Waals surface area contributed by atoms with Crippen molar-refractivity contribution < 1.29 is 14.3 Å². The molecule has 0 aliphatic heterocycles. The number of hydrogen-bond donors (Lipinski definition) is 1. The standard InChI is InChI=1S/C30H29BrN2O3/c1-4-35-28-16-22(18-32-33-29(34)17-24-13-12-20(2)14-21(24)3)15-27(31)30(28)36-19-25-10-7-9-23-8-5-6-11-26(23)25/h5-16,18H,4,17,19H2,1-3H3,(H,33,34)/b32-18+. The number of carbonyl (C=O) groups excluding carboxylic acids is 1. The van der Waals surface area contributed by atoms with Crippen LogP contribution in [-0.2, 0) is 17.8 Å². The van der Waals surface area contributed by atoms with Crippen molar-refractivity contribution in [2.75, 3.05) is 6.61 Å². The van der Waals surface area contributed by atoms with Gasteiger partial charge in [0.2, 0.25) is 5.91 Å². The lowest BCUT2D eigenvalue weighted by Crippen LogP contribution is -2.20. The number of benzene rings is 4. The van der Waals surface area contributed by atoms with E-state index in [9.17, 15) is 4.79 Å². The van der Waals surface area contributed by atoms with Crippen molar-refractivity contribution in [2.24, 2.45) is 5.10 Å². The highest BCUT2D eigenvalue weighted by molar-refractivity contribution is 9.10. The van der Waals surface area contributed by atoms with E-state index in [1.165, 1.54) is 10.9 Å². The van der Waals surface area contributed by atoms with Crippen molar-refractivity contribution in [1.29, 1.82) is 0 Å². The van der Waals surface area contributed by atoms with Gasteiger partial charge >= 0.3 is 0 Å². The fourth-order valence-electron chi connectivity index (χ4n) is 4.07. The average molecular weight is 545 g/mol. The molecule has 0 atom stereocenters. The maximum Gasteiger partial charge on any atom is 0.244 e. The highest BCUT2D eigenvalue weighted by atomic mass is 79.9. The Kier molecular flexibility index (Phi) is 8.39. The molecule has 0 heterocycles. The first-order valence-corrected chi connectivity index (χ1v) is 12.7. The van der Waals surface area contributed by atoms with E-state index in [2.05, 4.69) is 56.8 Å². The second-order valence-electron chi connectivity index (χ2n) is 8.59. The van der Waals surface area contributed by atoms with E-state index < -0.39 is 0 Å². The lowest BCUT2D eigenvalue weighted by atomic mass is 10.0. The molecule has 1 N–H and O–H groups in total. The first-order chi connectivity index (χ1) is 17.4. The van der Waals surface area contributed by atoms with Gasteiger partial charge < -0.3 is 9.47 Å². The van der Waals surface area contributed by atoms with Gasteiger partial charge in [-0.15, -0.1) is 0 Å². The zero-order valence-corrected chi connectivity index (χ0v) is 22.3. The summed E-state index contributed by atoms with van der Waals surface area (Å²) in [5.41, 5.74) is 7.74. The van der Waals surface area contributed by atoms with Gasteiger partial charge in [-0.25, -0.2) is 5.43 Å². The minimum Gasteiger partial charge on any atom is -0.490 e. The Labute approximate surface area is 220 Å². The van der Waals surface area contributed by atoms with Crippen LogP contribution in [0.5, 0.6) is 11.5 Å². The Hall–Kier alpha value is -3.64. The second kappa shape index (κ2) is 11.9. The van der Waals surface area contributed by atoms with Crippen LogP contribution in [0.4, 0.5) is 0 Å². The van der Waals surface area contributed by atoms with Crippen molar-refractivity contribution in [3.8, 4) is 11.5 Å². The second-order valence-corrected chi connectivity index (χ2v) is 9.44. The van der Waals surface area contributed by atoms with Crippen LogP contribution in [0.1, 0.15) is 34.7 Å². The number of carbonyl (C=O) groups is 1. The molecule has 0 saturated carbocycles. The van der Waals surface area contributed by atoms with Crippen LogP contribution in [0, 0.1) is 13.8 Å². The van der Waals surface area contributed by atoms with Crippen molar-refractivity contribution in [3.05, 3.63) is 105 Å². The molecule has 184 valence electrons. The lowest BCUT2D eigenvalue weighted by Gasteiger charge is -2.15. The number of ether oxygens (including phenoxy) is 2. The first-order valence-electron chi connectivity index (χ1n) is 11.9. The van der Waals surface area contributed by atoms with E-state index in [4.69, 9.17) is 9.47 Å². The van der Waals surface area contributed by atoms with E-state index in [1.54, 1.807) is 6.21 Å². The van der Waals surface area contributed by atoms with Crippen LogP contribution in [0.2, 0.25) is 0 Å². The molecule has 0 aromatic heterocycles. The summed E-state index contributed by atoms with van der Waals surface area (Å²) in [5.74, 6) is 1.06. The highest BCUT2D eigenvalue weighted by Gasteiger charge is 2.13. The molecule has 0 aliphatic carbocycles. The molecule has 1 amide bonds. The molecule has 0 radical (unpaired) electrons.